The SMILES string of the molecule is CC(c1cn(C)nn1)N(CC(=O)C(C)(C)C)C(C)(C)C. The van der Waals surface area contributed by atoms with Crippen LogP contribution in [0.1, 0.15) is 60.2 Å². The number of aromatic nitrogens is 3. The number of nitrogens with zero attached hydrogens (tertiary/aromatic N) is 4. The first-order valence-corrected chi connectivity index (χ1v) is 7.09. The Kier molecular flexibility index (Phi) is 4.74. The molecular formula is C15H28N4O. The molecule has 5 heteroatoms. The molecule has 0 amide bonds. The van der Waals surface area contributed by atoms with E-state index in [1.54, 1.807) is 4.68 Å². The van der Waals surface area contributed by atoms with Gasteiger partial charge in [-0.3, -0.25) is 14.4 Å². The lowest BCUT2D eigenvalue weighted by molar-refractivity contribution is -0.129. The van der Waals surface area contributed by atoms with Crippen molar-refractivity contribution in [1.29, 1.82) is 0 Å². The van der Waals surface area contributed by atoms with Crippen molar-refractivity contribution in [3.05, 3.63) is 11.9 Å². The second kappa shape index (κ2) is 5.64. The lowest BCUT2D eigenvalue weighted by Crippen LogP contribution is -2.47. The molecule has 0 bridgehead atoms. The molecule has 0 fully saturated rings. The van der Waals surface area contributed by atoms with Gasteiger partial charge in [-0.2, -0.15) is 0 Å². The Hall–Kier alpha value is -1.23. The molecule has 1 atom stereocenters. The summed E-state index contributed by atoms with van der Waals surface area (Å²) in [5.41, 5.74) is 0.452. The van der Waals surface area contributed by atoms with Crippen molar-refractivity contribution in [1.82, 2.24) is 19.9 Å². The molecule has 0 aliphatic carbocycles. The van der Waals surface area contributed by atoms with Crippen molar-refractivity contribution in [2.75, 3.05) is 6.54 Å². The third kappa shape index (κ3) is 4.13. The molecule has 0 aliphatic rings. The molecule has 0 N–H and O–H groups in total. The fourth-order valence-electron chi connectivity index (χ4n) is 2.06. The van der Waals surface area contributed by atoms with Crippen molar-refractivity contribution in [3.63, 3.8) is 0 Å². The zero-order valence-electron chi connectivity index (χ0n) is 14.1. The first-order valence-electron chi connectivity index (χ1n) is 7.09. The van der Waals surface area contributed by atoms with Gasteiger partial charge in [0, 0.05) is 24.2 Å². The third-order valence-electron chi connectivity index (χ3n) is 3.53. The summed E-state index contributed by atoms with van der Waals surface area (Å²) in [4.78, 5) is 14.6. The summed E-state index contributed by atoms with van der Waals surface area (Å²) in [6.07, 6.45) is 1.91. The second-order valence-corrected chi connectivity index (χ2v) is 7.46. The Morgan fingerprint density at radius 1 is 1.30 bits per heavy atom. The number of carbonyl (C=O) groups is 1. The van der Waals surface area contributed by atoms with E-state index in [-0.39, 0.29) is 22.8 Å². The smallest absolute Gasteiger partial charge is 0.152 e. The summed E-state index contributed by atoms with van der Waals surface area (Å²) in [6, 6.07) is 0.0509. The van der Waals surface area contributed by atoms with E-state index in [0.29, 0.717) is 6.54 Å². The maximum absolute atomic E-state index is 12.4. The number of aryl methyl sites for hydroxylation is 1. The summed E-state index contributed by atoms with van der Waals surface area (Å²) in [6.45, 7) is 14.7. The quantitative estimate of drug-likeness (QED) is 0.850. The minimum absolute atomic E-state index is 0.0509. The van der Waals surface area contributed by atoms with Gasteiger partial charge in [0.2, 0.25) is 0 Å². The molecule has 1 rings (SSSR count). The molecule has 5 nitrogen and oxygen atoms in total. The van der Waals surface area contributed by atoms with Gasteiger partial charge in [0.15, 0.2) is 5.78 Å². The summed E-state index contributed by atoms with van der Waals surface area (Å²) >= 11 is 0. The maximum Gasteiger partial charge on any atom is 0.152 e. The fourth-order valence-corrected chi connectivity index (χ4v) is 2.06. The van der Waals surface area contributed by atoms with E-state index in [4.69, 9.17) is 0 Å². The van der Waals surface area contributed by atoms with Crippen LogP contribution in [-0.4, -0.2) is 37.8 Å². The molecule has 1 unspecified atom stereocenters. The van der Waals surface area contributed by atoms with Gasteiger partial charge >= 0.3 is 0 Å². The number of rotatable bonds is 4. The number of hydrogen-bond acceptors (Lipinski definition) is 4. The molecule has 0 saturated heterocycles. The summed E-state index contributed by atoms with van der Waals surface area (Å²) in [5.74, 6) is 0.239. The highest BCUT2D eigenvalue weighted by Gasteiger charge is 2.33. The predicted octanol–water partition coefficient (Wildman–Crippen LogP) is 2.59. The molecule has 1 aromatic rings. The van der Waals surface area contributed by atoms with Crippen LogP contribution in [0.4, 0.5) is 0 Å². The number of Topliss-reactive ketones (excluding diaryl/α,β-unsaturated/α-hetero) is 1. The monoisotopic (exact) mass is 280 g/mol. The molecule has 0 aliphatic heterocycles. The molecule has 114 valence electrons. The van der Waals surface area contributed by atoms with Crippen LogP contribution in [0.2, 0.25) is 0 Å². The van der Waals surface area contributed by atoms with Gasteiger partial charge in [0.05, 0.1) is 18.3 Å². The molecule has 1 heterocycles. The van der Waals surface area contributed by atoms with E-state index in [9.17, 15) is 4.79 Å². The highest BCUT2D eigenvalue weighted by atomic mass is 16.1. The molecular weight excluding hydrogens is 252 g/mol. The summed E-state index contributed by atoms with van der Waals surface area (Å²) < 4.78 is 1.69. The zero-order chi connectivity index (χ0) is 15.7. The first-order chi connectivity index (χ1) is 8.93. The van der Waals surface area contributed by atoms with E-state index < -0.39 is 0 Å². The number of ketones is 1. The fraction of sp³-hybridized carbons (Fsp3) is 0.800. The predicted molar refractivity (Wildman–Crippen MR) is 80.3 cm³/mol. The van der Waals surface area contributed by atoms with E-state index in [0.717, 1.165) is 5.69 Å². The van der Waals surface area contributed by atoms with Crippen molar-refractivity contribution in [2.24, 2.45) is 12.5 Å². The largest absolute Gasteiger partial charge is 0.298 e. The maximum atomic E-state index is 12.4. The number of hydrogen-bond donors (Lipinski definition) is 0. The van der Waals surface area contributed by atoms with Crippen molar-refractivity contribution >= 4 is 5.78 Å². The van der Waals surface area contributed by atoms with Gasteiger partial charge in [-0.15, -0.1) is 5.10 Å². The topological polar surface area (TPSA) is 51.0 Å². The minimum Gasteiger partial charge on any atom is -0.298 e. The van der Waals surface area contributed by atoms with E-state index >= 15 is 0 Å². The average Bonchev–Trinajstić information content (AvgIpc) is 2.68. The Balaban J connectivity index is 2.99. The Morgan fingerprint density at radius 2 is 1.85 bits per heavy atom. The Bertz CT molecular complexity index is 465. The standard InChI is InChI=1S/C15H28N4O/c1-11(12-9-18(8)17-16-12)19(15(5,6)7)10-13(20)14(2,3)4/h9,11H,10H2,1-8H3. The van der Waals surface area contributed by atoms with Gasteiger partial charge in [-0.25, -0.2) is 0 Å². The molecule has 0 radical (unpaired) electrons. The highest BCUT2D eigenvalue weighted by molar-refractivity contribution is 5.85. The average molecular weight is 280 g/mol. The van der Waals surface area contributed by atoms with Crippen molar-refractivity contribution < 1.29 is 4.79 Å². The van der Waals surface area contributed by atoms with Crippen molar-refractivity contribution in [2.45, 2.75) is 60.0 Å². The molecule has 20 heavy (non-hydrogen) atoms. The van der Waals surface area contributed by atoms with E-state index in [2.05, 4.69) is 42.9 Å². The second-order valence-electron chi connectivity index (χ2n) is 7.46. The Morgan fingerprint density at radius 3 is 2.20 bits per heavy atom. The normalized spacial score (nSPS) is 14.7. The first kappa shape index (κ1) is 16.8. The van der Waals surface area contributed by atoms with Crippen LogP contribution in [0.15, 0.2) is 6.20 Å². The lowest BCUT2D eigenvalue weighted by Gasteiger charge is -2.40. The zero-order valence-corrected chi connectivity index (χ0v) is 14.1. The van der Waals surface area contributed by atoms with Crippen LogP contribution < -0.4 is 0 Å². The summed E-state index contributed by atoms with van der Waals surface area (Å²) in [5, 5.41) is 8.16. The van der Waals surface area contributed by atoms with Gasteiger partial charge in [-0.1, -0.05) is 26.0 Å². The molecule has 0 aromatic carbocycles. The lowest BCUT2D eigenvalue weighted by atomic mass is 9.89. The Labute approximate surface area is 122 Å². The highest BCUT2D eigenvalue weighted by Crippen LogP contribution is 2.28. The van der Waals surface area contributed by atoms with E-state index in [1.807, 2.05) is 34.0 Å². The third-order valence-corrected chi connectivity index (χ3v) is 3.53. The van der Waals surface area contributed by atoms with Crippen LogP contribution in [0.5, 0.6) is 0 Å². The molecule has 0 saturated carbocycles. The van der Waals surface area contributed by atoms with Crippen LogP contribution in [0, 0.1) is 5.41 Å². The van der Waals surface area contributed by atoms with Crippen LogP contribution in [-0.2, 0) is 11.8 Å². The van der Waals surface area contributed by atoms with Gasteiger partial charge in [-0.05, 0) is 27.7 Å². The number of carbonyl (C=O) groups excluding carboxylic acids is 1. The molecule has 0 spiro atoms. The molecule has 1 aromatic heterocycles. The van der Waals surface area contributed by atoms with Gasteiger partial charge in [0.1, 0.15) is 0 Å². The summed E-state index contributed by atoms with van der Waals surface area (Å²) in [7, 11) is 1.85. The van der Waals surface area contributed by atoms with Crippen molar-refractivity contribution in [3.8, 4) is 0 Å². The minimum atomic E-state index is -0.328. The van der Waals surface area contributed by atoms with Gasteiger partial charge in [0.25, 0.3) is 0 Å². The van der Waals surface area contributed by atoms with Gasteiger partial charge < -0.3 is 0 Å². The van der Waals surface area contributed by atoms with Crippen LogP contribution in [0.25, 0.3) is 0 Å². The van der Waals surface area contributed by atoms with Crippen LogP contribution >= 0.6 is 0 Å². The van der Waals surface area contributed by atoms with Crippen LogP contribution in [0.3, 0.4) is 0 Å². The van der Waals surface area contributed by atoms with E-state index in [1.165, 1.54) is 0 Å².